The summed E-state index contributed by atoms with van der Waals surface area (Å²) in [5, 5.41) is 6.68. The first kappa shape index (κ1) is 26.5. The van der Waals surface area contributed by atoms with Crippen LogP contribution in [0.4, 0.5) is 21.6 Å². The first-order chi connectivity index (χ1) is 18.4. The molecule has 0 bridgehead atoms. The van der Waals surface area contributed by atoms with Crippen LogP contribution in [0.5, 0.6) is 5.75 Å². The zero-order chi connectivity index (χ0) is 26.5. The van der Waals surface area contributed by atoms with Gasteiger partial charge in [0, 0.05) is 71.6 Å². The maximum atomic E-state index is 13.6. The summed E-state index contributed by atoms with van der Waals surface area (Å²) in [6, 6.07) is 7.80. The van der Waals surface area contributed by atoms with Crippen molar-refractivity contribution in [2.75, 3.05) is 55.0 Å². The Morgan fingerprint density at radius 1 is 1.26 bits per heavy atom. The minimum absolute atomic E-state index is 0.0135. The smallest absolute Gasteiger partial charge is 0.248 e. The van der Waals surface area contributed by atoms with Crippen molar-refractivity contribution in [1.82, 2.24) is 14.9 Å². The molecule has 2 N–H and O–H groups in total. The highest BCUT2D eigenvalue weighted by Crippen LogP contribution is 2.35. The normalized spacial score (nSPS) is 18.7. The predicted molar refractivity (Wildman–Crippen MR) is 146 cm³/mol. The molecule has 0 unspecified atom stereocenters. The number of amides is 1. The number of nitrogens with one attached hydrogen (secondary N) is 2. The summed E-state index contributed by atoms with van der Waals surface area (Å²) >= 11 is 5.94. The fourth-order valence-electron chi connectivity index (χ4n) is 4.22. The lowest BCUT2D eigenvalue weighted by Gasteiger charge is -2.24. The van der Waals surface area contributed by atoms with Crippen LogP contribution in [0.15, 0.2) is 48.8 Å². The molecule has 0 saturated carbocycles. The van der Waals surface area contributed by atoms with Crippen LogP contribution in [0.2, 0.25) is 5.02 Å². The highest BCUT2D eigenvalue weighted by Gasteiger charge is 2.21. The number of hydrogen-bond acceptors (Lipinski definition) is 8. The van der Waals surface area contributed by atoms with Crippen LogP contribution in [-0.4, -0.2) is 75.4 Å². The maximum Gasteiger partial charge on any atom is 0.248 e. The van der Waals surface area contributed by atoms with Crippen molar-refractivity contribution in [3.63, 3.8) is 0 Å². The largest absolute Gasteiger partial charge is 0.486 e. The Morgan fingerprint density at radius 2 is 2.11 bits per heavy atom. The Morgan fingerprint density at radius 3 is 2.87 bits per heavy atom. The molecule has 38 heavy (non-hydrogen) atoms. The molecule has 3 heterocycles. The molecular weight excluding hydrogens is 533 g/mol. The third kappa shape index (κ3) is 6.65. The van der Waals surface area contributed by atoms with Crippen molar-refractivity contribution in [1.29, 1.82) is 0 Å². The van der Waals surface area contributed by atoms with Gasteiger partial charge in [0.2, 0.25) is 5.91 Å². The second-order valence-corrected chi connectivity index (χ2v) is 11.1. The van der Waals surface area contributed by atoms with Crippen molar-refractivity contribution in [3.05, 3.63) is 59.7 Å². The minimum Gasteiger partial charge on any atom is -0.486 e. The number of halogens is 2. The number of fused-ring (bicyclic) bond motifs is 1. The minimum atomic E-state index is -0.743. The lowest BCUT2D eigenvalue weighted by Crippen LogP contribution is -2.37. The number of aromatic nitrogens is 2. The zero-order valence-electron chi connectivity index (χ0n) is 20.5. The summed E-state index contributed by atoms with van der Waals surface area (Å²) in [5.74, 6) is 1.42. The molecule has 3 aromatic rings. The van der Waals surface area contributed by atoms with E-state index in [4.69, 9.17) is 21.1 Å². The summed E-state index contributed by atoms with van der Waals surface area (Å²) in [7, 11) is -0.743. The average Bonchev–Trinajstić information content (AvgIpc) is 3.41. The topological polar surface area (TPSA) is 106 Å². The molecule has 0 aliphatic carbocycles. The third-order valence-electron chi connectivity index (χ3n) is 6.26. The van der Waals surface area contributed by atoms with Crippen LogP contribution in [0.25, 0.3) is 10.9 Å². The van der Waals surface area contributed by atoms with E-state index in [9.17, 15) is 13.4 Å². The zero-order valence-corrected chi connectivity index (χ0v) is 22.1. The van der Waals surface area contributed by atoms with Crippen molar-refractivity contribution in [3.8, 4) is 5.75 Å². The van der Waals surface area contributed by atoms with Crippen molar-refractivity contribution in [2.24, 2.45) is 0 Å². The second-order valence-electron chi connectivity index (χ2n) is 8.99. The van der Waals surface area contributed by atoms with Gasteiger partial charge in [0.05, 0.1) is 29.4 Å². The van der Waals surface area contributed by atoms with Crippen molar-refractivity contribution >= 4 is 56.4 Å². The molecule has 2 aromatic carbocycles. The number of carbonyl (C=O) groups excluding carboxylic acids is 1. The van der Waals surface area contributed by atoms with Gasteiger partial charge in [-0.1, -0.05) is 17.7 Å². The van der Waals surface area contributed by atoms with Crippen LogP contribution in [-0.2, 0) is 20.3 Å². The van der Waals surface area contributed by atoms with Gasteiger partial charge < -0.3 is 20.1 Å². The number of anilines is 3. The van der Waals surface area contributed by atoms with Gasteiger partial charge in [-0.15, -0.1) is 0 Å². The highest BCUT2D eigenvalue weighted by molar-refractivity contribution is 7.85. The Kier molecular flexibility index (Phi) is 8.48. The van der Waals surface area contributed by atoms with Gasteiger partial charge in [-0.2, -0.15) is 0 Å². The van der Waals surface area contributed by atoms with Crippen LogP contribution in [0.1, 0.15) is 6.42 Å². The number of hydrogen-bond donors (Lipinski definition) is 2. The second kappa shape index (κ2) is 12.2. The van der Waals surface area contributed by atoms with Crippen LogP contribution >= 0.6 is 11.6 Å². The summed E-state index contributed by atoms with van der Waals surface area (Å²) in [6.07, 6.45) is 5.30. The monoisotopic (exact) mass is 559 g/mol. The molecule has 200 valence electrons. The lowest BCUT2D eigenvalue weighted by molar-refractivity contribution is -0.111. The van der Waals surface area contributed by atoms with E-state index in [0.29, 0.717) is 65.1 Å². The number of nitrogens with zero attached hydrogens (tertiary/aromatic N) is 3. The van der Waals surface area contributed by atoms with Crippen LogP contribution in [0.3, 0.4) is 0 Å². The molecule has 0 radical (unpaired) electrons. The Balaban J connectivity index is 1.39. The lowest BCUT2D eigenvalue weighted by atomic mass is 10.1. The van der Waals surface area contributed by atoms with E-state index in [1.807, 2.05) is 0 Å². The number of benzene rings is 2. The molecule has 0 spiro atoms. The molecule has 1 atom stereocenters. The van der Waals surface area contributed by atoms with Gasteiger partial charge in [0.1, 0.15) is 29.8 Å². The van der Waals surface area contributed by atoms with E-state index >= 15 is 0 Å². The van der Waals surface area contributed by atoms with Gasteiger partial charge >= 0.3 is 0 Å². The summed E-state index contributed by atoms with van der Waals surface area (Å²) in [6.45, 7) is 3.18. The fourth-order valence-corrected chi connectivity index (χ4v) is 5.52. The molecule has 1 aromatic heterocycles. The summed E-state index contributed by atoms with van der Waals surface area (Å²) in [4.78, 5) is 23.7. The molecule has 2 aliphatic heterocycles. The first-order valence-electron chi connectivity index (χ1n) is 12.2. The van der Waals surface area contributed by atoms with Gasteiger partial charge in [-0.25, -0.2) is 14.4 Å². The molecule has 5 rings (SSSR count). The summed E-state index contributed by atoms with van der Waals surface area (Å²) < 4.78 is 36.8. The van der Waals surface area contributed by atoms with E-state index in [0.717, 1.165) is 19.5 Å². The number of ether oxygens (including phenoxy) is 2. The van der Waals surface area contributed by atoms with Gasteiger partial charge in [-0.3, -0.25) is 13.9 Å². The van der Waals surface area contributed by atoms with E-state index in [2.05, 4.69) is 25.5 Å². The predicted octanol–water partition coefficient (Wildman–Crippen LogP) is 3.89. The Labute approximate surface area is 226 Å². The van der Waals surface area contributed by atoms with Crippen LogP contribution in [0, 0.1) is 5.82 Å². The quantitative estimate of drug-likeness (QED) is 0.400. The van der Waals surface area contributed by atoms with Gasteiger partial charge in [0.25, 0.3) is 0 Å². The Bertz CT molecular complexity index is 1380. The van der Waals surface area contributed by atoms with E-state index in [1.54, 1.807) is 24.3 Å². The van der Waals surface area contributed by atoms with E-state index in [1.165, 1.54) is 24.5 Å². The van der Waals surface area contributed by atoms with Gasteiger partial charge in [0.15, 0.2) is 0 Å². The Hall–Kier alpha value is -3.12. The molecule has 1 amide bonds. The first-order valence-corrected chi connectivity index (χ1v) is 14.1. The van der Waals surface area contributed by atoms with Crippen LogP contribution < -0.4 is 15.4 Å². The molecule has 9 nitrogen and oxygen atoms in total. The molecule has 2 aliphatic rings. The number of rotatable bonds is 8. The highest BCUT2D eigenvalue weighted by atomic mass is 35.5. The molecule has 2 fully saturated rings. The van der Waals surface area contributed by atoms with Crippen molar-refractivity contribution in [2.45, 2.75) is 12.5 Å². The average molecular weight is 560 g/mol. The number of carbonyl (C=O) groups is 1. The maximum absolute atomic E-state index is 13.6. The molecular formula is C26H27ClFN5O4S. The molecule has 12 heteroatoms. The summed E-state index contributed by atoms with van der Waals surface area (Å²) in [5.41, 5.74) is 1.61. The van der Waals surface area contributed by atoms with E-state index < -0.39 is 16.6 Å². The fraction of sp³-hybridized carbons (Fsp3) is 0.346. The van der Waals surface area contributed by atoms with Crippen molar-refractivity contribution < 1.29 is 22.9 Å². The molecule has 2 saturated heterocycles. The standard InChI is InChI=1S/C26H27ClFN5O4S/c27-20-12-17(3-4-21(20)28)31-26-19-13-23(32-25(34)2-1-6-33-7-10-38(35)11-8-33)24(14-22(19)29-16-30-26)37-18-5-9-36-15-18/h1-4,12-14,16,18H,5-11,15H2,(H,32,34)(H,29,30,31)/b2-1+/t18-/m0/s1. The van der Waals surface area contributed by atoms with E-state index in [-0.39, 0.29) is 17.0 Å². The third-order valence-corrected chi connectivity index (χ3v) is 7.83. The SMILES string of the molecule is O=C(/C=C/CN1CCS(=O)CC1)Nc1cc2c(Nc3ccc(F)c(Cl)c3)ncnc2cc1O[C@H]1CCOC1. The van der Waals surface area contributed by atoms with Gasteiger partial charge in [-0.05, 0) is 24.3 Å².